The van der Waals surface area contributed by atoms with E-state index in [1.807, 2.05) is 13.8 Å². The first kappa shape index (κ1) is 13.9. The molecule has 20 heavy (non-hydrogen) atoms. The molecule has 0 aromatic carbocycles. The highest BCUT2D eigenvalue weighted by molar-refractivity contribution is 5.97. The molecule has 2 rings (SSSR count). The topological polar surface area (TPSA) is 76.9 Å². The Balaban J connectivity index is 2.62. The van der Waals surface area contributed by atoms with E-state index < -0.39 is 0 Å². The second-order valence-corrected chi connectivity index (χ2v) is 4.54. The minimum atomic E-state index is -0.274. The van der Waals surface area contributed by atoms with Gasteiger partial charge < -0.3 is 5.32 Å². The summed E-state index contributed by atoms with van der Waals surface area (Å²) >= 11 is 0. The third kappa shape index (κ3) is 2.45. The molecule has 0 spiro atoms. The van der Waals surface area contributed by atoms with Crippen LogP contribution in [0.4, 0.5) is 0 Å². The number of aromatic nitrogens is 3. The average molecular weight is 272 g/mol. The maximum Gasteiger partial charge on any atom is 0.271 e. The van der Waals surface area contributed by atoms with Crippen molar-refractivity contribution in [2.45, 2.75) is 20.8 Å². The predicted octanol–water partition coefficient (Wildman–Crippen LogP) is 1.45. The molecule has 0 saturated carbocycles. The molecule has 0 radical (unpaired) electrons. The van der Waals surface area contributed by atoms with Gasteiger partial charge in [0.25, 0.3) is 5.91 Å². The van der Waals surface area contributed by atoms with Crippen LogP contribution in [0, 0.1) is 13.8 Å². The quantitative estimate of drug-likeness (QED) is 0.858. The van der Waals surface area contributed by atoms with Crippen molar-refractivity contribution in [3.63, 3.8) is 0 Å². The Morgan fingerprint density at radius 3 is 2.55 bits per heavy atom. The summed E-state index contributed by atoms with van der Waals surface area (Å²) in [4.78, 5) is 27.7. The van der Waals surface area contributed by atoms with Crippen LogP contribution >= 0.6 is 0 Å². The molecular formula is C14H16N4O2. The van der Waals surface area contributed by atoms with Gasteiger partial charge in [0.05, 0.1) is 5.56 Å². The standard InChI is InChI=1S/C14H16N4O2/c1-8-5-6-11(10(3)19)13(16-8)18-9(2)7-12(17-18)14(20)15-4/h5-7H,1-4H3,(H,15,20). The van der Waals surface area contributed by atoms with E-state index >= 15 is 0 Å². The Hall–Kier alpha value is -2.50. The lowest BCUT2D eigenvalue weighted by atomic mass is 10.1. The van der Waals surface area contributed by atoms with Gasteiger partial charge in [-0.05, 0) is 39.0 Å². The highest BCUT2D eigenvalue weighted by Gasteiger charge is 2.17. The molecule has 6 heteroatoms. The van der Waals surface area contributed by atoms with Crippen molar-refractivity contribution in [2.75, 3.05) is 7.05 Å². The van der Waals surface area contributed by atoms with Gasteiger partial charge >= 0.3 is 0 Å². The third-order valence-electron chi connectivity index (χ3n) is 2.94. The highest BCUT2D eigenvalue weighted by Crippen LogP contribution is 2.16. The molecule has 1 N–H and O–H groups in total. The average Bonchev–Trinajstić information content (AvgIpc) is 2.79. The smallest absolute Gasteiger partial charge is 0.271 e. The monoisotopic (exact) mass is 272 g/mol. The predicted molar refractivity (Wildman–Crippen MR) is 74.2 cm³/mol. The largest absolute Gasteiger partial charge is 0.354 e. The molecule has 6 nitrogen and oxygen atoms in total. The van der Waals surface area contributed by atoms with Crippen molar-refractivity contribution in [1.82, 2.24) is 20.1 Å². The first-order chi connectivity index (χ1) is 9.43. The maximum atomic E-state index is 11.7. The van der Waals surface area contributed by atoms with Crippen molar-refractivity contribution >= 4 is 11.7 Å². The number of carbonyl (C=O) groups excluding carboxylic acids is 2. The number of amides is 1. The summed E-state index contributed by atoms with van der Waals surface area (Å²) in [6.45, 7) is 5.13. The van der Waals surface area contributed by atoms with E-state index in [4.69, 9.17) is 0 Å². The van der Waals surface area contributed by atoms with E-state index in [0.29, 0.717) is 17.1 Å². The highest BCUT2D eigenvalue weighted by atomic mass is 16.2. The molecule has 0 aliphatic heterocycles. The van der Waals surface area contributed by atoms with Crippen molar-refractivity contribution in [2.24, 2.45) is 0 Å². The summed E-state index contributed by atoms with van der Waals surface area (Å²) in [5.74, 6) is 0.0814. The molecule has 2 aromatic rings. The number of nitrogens with zero attached hydrogens (tertiary/aromatic N) is 3. The molecule has 0 atom stereocenters. The van der Waals surface area contributed by atoms with Gasteiger partial charge in [-0.1, -0.05) is 0 Å². The van der Waals surface area contributed by atoms with Crippen LogP contribution in [-0.4, -0.2) is 33.5 Å². The van der Waals surface area contributed by atoms with E-state index in [1.165, 1.54) is 11.6 Å². The molecular weight excluding hydrogens is 256 g/mol. The van der Waals surface area contributed by atoms with Crippen molar-refractivity contribution in [3.05, 3.63) is 40.8 Å². The van der Waals surface area contributed by atoms with Crippen LogP contribution < -0.4 is 5.32 Å². The lowest BCUT2D eigenvalue weighted by molar-refractivity contribution is 0.0957. The molecule has 0 bridgehead atoms. The lowest BCUT2D eigenvalue weighted by Gasteiger charge is -2.08. The van der Waals surface area contributed by atoms with Crippen LogP contribution in [0.15, 0.2) is 18.2 Å². The second kappa shape index (κ2) is 5.24. The Bertz CT molecular complexity index is 688. The molecule has 0 fully saturated rings. The SMILES string of the molecule is CNC(=O)c1cc(C)n(-c2nc(C)ccc2C(C)=O)n1. The van der Waals surface area contributed by atoms with E-state index in [1.54, 1.807) is 25.2 Å². The molecule has 1 amide bonds. The lowest BCUT2D eigenvalue weighted by Crippen LogP contribution is -2.19. The number of carbonyl (C=O) groups is 2. The second-order valence-electron chi connectivity index (χ2n) is 4.54. The van der Waals surface area contributed by atoms with Crippen molar-refractivity contribution < 1.29 is 9.59 Å². The molecule has 2 heterocycles. The van der Waals surface area contributed by atoms with E-state index in [9.17, 15) is 9.59 Å². The number of Topliss-reactive ketones (excluding diaryl/α,β-unsaturated/α-hetero) is 1. The number of ketones is 1. The summed E-state index contributed by atoms with van der Waals surface area (Å²) in [5, 5.41) is 6.74. The van der Waals surface area contributed by atoms with Gasteiger partial charge in [0.15, 0.2) is 17.3 Å². The van der Waals surface area contributed by atoms with Crippen LogP contribution in [0.2, 0.25) is 0 Å². The normalized spacial score (nSPS) is 10.4. The van der Waals surface area contributed by atoms with Gasteiger partial charge in [0.2, 0.25) is 0 Å². The molecule has 0 saturated heterocycles. The Morgan fingerprint density at radius 1 is 1.25 bits per heavy atom. The maximum absolute atomic E-state index is 11.7. The number of rotatable bonds is 3. The van der Waals surface area contributed by atoms with Crippen LogP contribution in [0.5, 0.6) is 0 Å². The summed E-state index contributed by atoms with van der Waals surface area (Å²) in [7, 11) is 1.54. The Kier molecular flexibility index (Phi) is 3.65. The fraction of sp³-hybridized carbons (Fsp3) is 0.286. The fourth-order valence-electron chi connectivity index (χ4n) is 1.91. The molecule has 2 aromatic heterocycles. The summed E-state index contributed by atoms with van der Waals surface area (Å²) < 4.78 is 1.52. The van der Waals surface area contributed by atoms with Gasteiger partial charge in [-0.2, -0.15) is 5.10 Å². The first-order valence-corrected chi connectivity index (χ1v) is 6.21. The number of nitrogens with one attached hydrogen (secondary N) is 1. The number of aryl methyl sites for hydroxylation is 2. The number of hydrogen-bond donors (Lipinski definition) is 1. The summed E-state index contributed by atoms with van der Waals surface area (Å²) in [6.07, 6.45) is 0. The molecule has 0 aliphatic rings. The third-order valence-corrected chi connectivity index (χ3v) is 2.94. The van der Waals surface area contributed by atoms with Crippen LogP contribution in [0.1, 0.15) is 39.2 Å². The van der Waals surface area contributed by atoms with E-state index in [0.717, 1.165) is 11.4 Å². The van der Waals surface area contributed by atoms with Crippen LogP contribution in [0.3, 0.4) is 0 Å². The minimum Gasteiger partial charge on any atom is -0.354 e. The van der Waals surface area contributed by atoms with Crippen molar-refractivity contribution in [1.29, 1.82) is 0 Å². The van der Waals surface area contributed by atoms with Gasteiger partial charge in [-0.3, -0.25) is 9.59 Å². The van der Waals surface area contributed by atoms with Gasteiger partial charge in [-0.15, -0.1) is 0 Å². The molecule has 0 aliphatic carbocycles. The van der Waals surface area contributed by atoms with Crippen molar-refractivity contribution in [3.8, 4) is 5.82 Å². The van der Waals surface area contributed by atoms with Gasteiger partial charge in [-0.25, -0.2) is 9.67 Å². The Morgan fingerprint density at radius 2 is 1.95 bits per heavy atom. The minimum absolute atomic E-state index is 0.0936. The number of hydrogen-bond acceptors (Lipinski definition) is 4. The van der Waals surface area contributed by atoms with E-state index in [-0.39, 0.29) is 11.7 Å². The Labute approximate surface area is 116 Å². The first-order valence-electron chi connectivity index (χ1n) is 6.21. The van der Waals surface area contributed by atoms with Gasteiger partial charge in [0.1, 0.15) is 0 Å². The van der Waals surface area contributed by atoms with Crippen LogP contribution in [-0.2, 0) is 0 Å². The zero-order chi connectivity index (χ0) is 14.9. The number of pyridine rings is 1. The zero-order valence-electron chi connectivity index (χ0n) is 11.9. The fourth-order valence-corrected chi connectivity index (χ4v) is 1.91. The summed E-state index contributed by atoms with van der Waals surface area (Å²) in [6, 6.07) is 5.16. The van der Waals surface area contributed by atoms with Gasteiger partial charge in [0, 0.05) is 18.4 Å². The summed E-state index contributed by atoms with van der Waals surface area (Å²) in [5.41, 5.74) is 2.29. The zero-order valence-corrected chi connectivity index (χ0v) is 11.9. The van der Waals surface area contributed by atoms with E-state index in [2.05, 4.69) is 15.4 Å². The van der Waals surface area contributed by atoms with Crippen LogP contribution in [0.25, 0.3) is 5.82 Å². The molecule has 104 valence electrons. The molecule has 0 unspecified atom stereocenters.